The van der Waals surface area contributed by atoms with E-state index in [2.05, 4.69) is 10.3 Å². The van der Waals surface area contributed by atoms with Crippen molar-refractivity contribution in [2.24, 2.45) is 0 Å². The lowest BCUT2D eigenvalue weighted by molar-refractivity contribution is -0.110. The molecule has 3 aromatic rings. The molecule has 3 N–H and O–H groups in total. The van der Waals surface area contributed by atoms with Gasteiger partial charge in [-0.1, -0.05) is 18.2 Å². The van der Waals surface area contributed by atoms with Crippen LogP contribution in [0.2, 0.25) is 0 Å². The maximum atomic E-state index is 12.4. The molecular weight excluding hydrogens is 340 g/mol. The normalized spacial score (nSPS) is 15.6. The number of rotatable bonds is 2. The Hall–Kier alpha value is -2.90. The lowest BCUT2D eigenvalue weighted by Crippen LogP contribution is -2.03. The molecule has 0 saturated heterocycles. The summed E-state index contributed by atoms with van der Waals surface area (Å²) in [5, 5.41) is 3.68. The average Bonchev–Trinajstić information content (AvgIpc) is 3.04. The molecule has 0 aliphatic carbocycles. The third kappa shape index (κ3) is 2.54. The lowest BCUT2D eigenvalue weighted by Gasteiger charge is -2.02. The first-order chi connectivity index (χ1) is 11.8. The molecule has 25 heavy (non-hydrogen) atoms. The molecule has 0 atom stereocenters. The zero-order valence-electron chi connectivity index (χ0n) is 13.2. The number of H-pyrrole nitrogens is 1. The standard InChI is InChI=1S/C18H14N2O4S/c1-10-13(12-4-2-3-5-16(12)19-10)9-15-14-8-11(25(22,23)24)6-7-17(14)20-18(15)21/h2-9,19H,1H3,(H,20,21)(H,22,23,24)/b15-9+. The molecule has 2 heterocycles. The van der Waals surface area contributed by atoms with E-state index in [0.29, 0.717) is 16.8 Å². The molecule has 6 nitrogen and oxygen atoms in total. The summed E-state index contributed by atoms with van der Waals surface area (Å²) in [6, 6.07) is 11.8. The molecule has 2 aromatic carbocycles. The molecule has 0 fully saturated rings. The molecule has 0 unspecified atom stereocenters. The van der Waals surface area contributed by atoms with Gasteiger partial charge in [0.25, 0.3) is 16.0 Å². The molecule has 1 aliphatic heterocycles. The second-order valence-electron chi connectivity index (χ2n) is 5.90. The van der Waals surface area contributed by atoms with Crippen molar-refractivity contribution in [2.45, 2.75) is 11.8 Å². The van der Waals surface area contributed by atoms with Gasteiger partial charge in [-0.05, 0) is 37.3 Å². The van der Waals surface area contributed by atoms with Crippen molar-refractivity contribution in [2.75, 3.05) is 5.32 Å². The van der Waals surface area contributed by atoms with Crippen LogP contribution in [0.1, 0.15) is 16.8 Å². The fraction of sp³-hybridized carbons (Fsp3) is 0.0556. The molecule has 4 rings (SSSR count). The summed E-state index contributed by atoms with van der Waals surface area (Å²) < 4.78 is 32.0. The zero-order chi connectivity index (χ0) is 17.8. The smallest absolute Gasteiger partial charge is 0.294 e. The third-order valence-electron chi connectivity index (χ3n) is 4.30. The van der Waals surface area contributed by atoms with Crippen LogP contribution in [0, 0.1) is 6.92 Å². The fourth-order valence-corrected chi connectivity index (χ4v) is 3.61. The van der Waals surface area contributed by atoms with Crippen molar-refractivity contribution in [3.63, 3.8) is 0 Å². The number of aromatic amines is 1. The molecule has 1 aromatic heterocycles. The van der Waals surface area contributed by atoms with E-state index in [1.165, 1.54) is 18.2 Å². The van der Waals surface area contributed by atoms with Gasteiger partial charge in [0.05, 0.1) is 4.90 Å². The van der Waals surface area contributed by atoms with Crippen LogP contribution in [0.15, 0.2) is 47.4 Å². The fourth-order valence-electron chi connectivity index (χ4n) is 3.10. The van der Waals surface area contributed by atoms with Gasteiger partial charge in [0.15, 0.2) is 0 Å². The number of amides is 1. The number of hydrogen-bond acceptors (Lipinski definition) is 3. The quantitative estimate of drug-likeness (QED) is 0.486. The average molecular weight is 354 g/mol. The largest absolute Gasteiger partial charge is 0.358 e. The Morgan fingerprint density at radius 3 is 2.64 bits per heavy atom. The number of aromatic nitrogens is 1. The maximum absolute atomic E-state index is 12.4. The number of nitrogens with one attached hydrogen (secondary N) is 2. The second kappa shape index (κ2) is 5.30. The summed E-state index contributed by atoms with van der Waals surface area (Å²) in [6.45, 7) is 1.91. The van der Waals surface area contributed by atoms with E-state index in [1.54, 1.807) is 6.08 Å². The number of anilines is 1. The summed E-state index contributed by atoms with van der Waals surface area (Å²) in [6.07, 6.45) is 1.74. The Morgan fingerprint density at radius 2 is 1.88 bits per heavy atom. The van der Waals surface area contributed by atoms with E-state index < -0.39 is 10.1 Å². The molecular formula is C18H14N2O4S. The molecule has 126 valence electrons. The second-order valence-corrected chi connectivity index (χ2v) is 7.33. The lowest BCUT2D eigenvalue weighted by atomic mass is 10.0. The van der Waals surface area contributed by atoms with Crippen LogP contribution in [0.3, 0.4) is 0 Å². The molecule has 0 radical (unpaired) electrons. The van der Waals surface area contributed by atoms with Crippen LogP contribution in [0.5, 0.6) is 0 Å². The highest BCUT2D eigenvalue weighted by atomic mass is 32.2. The topological polar surface area (TPSA) is 99.3 Å². The van der Waals surface area contributed by atoms with Crippen LogP contribution < -0.4 is 5.32 Å². The van der Waals surface area contributed by atoms with E-state index in [1.807, 2.05) is 31.2 Å². The van der Waals surface area contributed by atoms with Gasteiger partial charge in [0.2, 0.25) is 0 Å². The van der Waals surface area contributed by atoms with Crippen molar-refractivity contribution in [3.8, 4) is 0 Å². The van der Waals surface area contributed by atoms with Crippen LogP contribution >= 0.6 is 0 Å². The van der Waals surface area contributed by atoms with Crippen molar-refractivity contribution in [1.82, 2.24) is 4.98 Å². The minimum absolute atomic E-state index is 0.246. The van der Waals surface area contributed by atoms with Crippen LogP contribution in [0.25, 0.3) is 22.6 Å². The van der Waals surface area contributed by atoms with Crippen molar-refractivity contribution in [3.05, 3.63) is 59.3 Å². The van der Waals surface area contributed by atoms with Gasteiger partial charge in [-0.15, -0.1) is 0 Å². The third-order valence-corrected chi connectivity index (χ3v) is 5.15. The van der Waals surface area contributed by atoms with Crippen molar-refractivity contribution in [1.29, 1.82) is 0 Å². The first kappa shape index (κ1) is 15.6. The number of hydrogen-bond donors (Lipinski definition) is 3. The van der Waals surface area contributed by atoms with Gasteiger partial charge in [-0.3, -0.25) is 9.35 Å². The van der Waals surface area contributed by atoms with Gasteiger partial charge >= 0.3 is 0 Å². The van der Waals surface area contributed by atoms with E-state index in [9.17, 15) is 17.8 Å². The van der Waals surface area contributed by atoms with E-state index >= 15 is 0 Å². The van der Waals surface area contributed by atoms with Gasteiger partial charge in [-0.2, -0.15) is 8.42 Å². The number of benzene rings is 2. The molecule has 1 amide bonds. The zero-order valence-corrected chi connectivity index (χ0v) is 14.0. The van der Waals surface area contributed by atoms with Crippen molar-refractivity contribution >= 4 is 44.3 Å². The van der Waals surface area contributed by atoms with Gasteiger partial charge in [0.1, 0.15) is 0 Å². The minimum atomic E-state index is -4.34. The molecule has 0 bridgehead atoms. The monoisotopic (exact) mass is 354 g/mol. The Bertz CT molecular complexity index is 1170. The van der Waals surface area contributed by atoms with Gasteiger partial charge in [-0.25, -0.2) is 0 Å². The number of carbonyl (C=O) groups excluding carboxylic acids is 1. The Morgan fingerprint density at radius 1 is 1.12 bits per heavy atom. The van der Waals surface area contributed by atoms with E-state index in [-0.39, 0.29) is 10.8 Å². The van der Waals surface area contributed by atoms with E-state index in [4.69, 9.17) is 0 Å². The van der Waals surface area contributed by atoms with Crippen LogP contribution in [-0.4, -0.2) is 23.9 Å². The minimum Gasteiger partial charge on any atom is -0.358 e. The SMILES string of the molecule is Cc1[nH]c2ccccc2c1/C=C1/C(=O)Nc2ccc(S(=O)(=O)O)cc21. The number of carbonyl (C=O) groups is 1. The highest BCUT2D eigenvalue weighted by Crippen LogP contribution is 2.36. The summed E-state index contributed by atoms with van der Waals surface area (Å²) in [4.78, 5) is 15.4. The van der Waals surface area contributed by atoms with Crippen LogP contribution in [-0.2, 0) is 14.9 Å². The van der Waals surface area contributed by atoms with Crippen LogP contribution in [0.4, 0.5) is 5.69 Å². The van der Waals surface area contributed by atoms with Gasteiger partial charge < -0.3 is 10.3 Å². The van der Waals surface area contributed by atoms with E-state index in [0.717, 1.165) is 22.2 Å². The first-order valence-electron chi connectivity index (χ1n) is 7.57. The molecule has 0 saturated carbocycles. The Kier molecular flexibility index (Phi) is 3.31. The maximum Gasteiger partial charge on any atom is 0.294 e. The predicted octanol–water partition coefficient (Wildman–Crippen LogP) is 3.22. The predicted molar refractivity (Wildman–Crippen MR) is 95.8 cm³/mol. The highest BCUT2D eigenvalue weighted by molar-refractivity contribution is 7.85. The Labute approximate surface area is 143 Å². The highest BCUT2D eigenvalue weighted by Gasteiger charge is 2.26. The molecule has 7 heteroatoms. The first-order valence-corrected chi connectivity index (χ1v) is 9.01. The summed E-state index contributed by atoms with van der Waals surface area (Å²) in [5.74, 6) is -0.313. The van der Waals surface area contributed by atoms with Gasteiger partial charge in [0, 0.05) is 39.0 Å². The number of para-hydroxylation sites is 1. The summed E-state index contributed by atoms with van der Waals surface area (Å²) in [7, 11) is -4.34. The summed E-state index contributed by atoms with van der Waals surface area (Å²) in [5.41, 5.74) is 4.04. The number of aryl methyl sites for hydroxylation is 1. The Balaban J connectivity index is 1.94. The van der Waals surface area contributed by atoms with Crippen molar-refractivity contribution < 1.29 is 17.8 Å². The summed E-state index contributed by atoms with van der Waals surface area (Å²) >= 11 is 0. The molecule has 1 aliphatic rings. The molecule has 0 spiro atoms. The number of fused-ring (bicyclic) bond motifs is 2.